The van der Waals surface area contributed by atoms with E-state index in [0.29, 0.717) is 0 Å². The molecule has 0 saturated carbocycles. The highest BCUT2D eigenvalue weighted by atomic mass is 32.1. The van der Waals surface area contributed by atoms with E-state index in [2.05, 4.69) is 17.2 Å². The maximum Gasteiger partial charge on any atom is 0.305 e. The van der Waals surface area contributed by atoms with Crippen LogP contribution in [0.15, 0.2) is 4.99 Å². The normalized spacial score (nSPS) is 45.9. The maximum absolute atomic E-state index is 9.58. The molecule has 1 saturated heterocycles. The van der Waals surface area contributed by atoms with Gasteiger partial charge in [-0.3, -0.25) is 0 Å². The Morgan fingerprint density at radius 2 is 1.93 bits per heavy atom. The van der Waals surface area contributed by atoms with Crippen LogP contribution in [0, 0.1) is 0 Å². The van der Waals surface area contributed by atoms with Crippen molar-refractivity contribution in [3.8, 4) is 0 Å². The van der Waals surface area contributed by atoms with Gasteiger partial charge < -0.3 is 30.3 Å². The number of aliphatic imine (C=N–C) groups is 1. The smallest absolute Gasteiger partial charge is 0.305 e. The molecule has 0 aromatic heterocycles. The molecule has 0 spiro atoms. The van der Waals surface area contributed by atoms with Crippen LogP contribution in [-0.2, 0) is 4.74 Å². The third-order valence-corrected chi connectivity index (χ3v) is 2.24. The number of ether oxygens (including phenoxy) is 1. The average molecular weight is 237 g/mol. The van der Waals surface area contributed by atoms with Crippen molar-refractivity contribution in [2.75, 3.05) is 6.61 Å². The van der Waals surface area contributed by atoms with Crippen molar-refractivity contribution in [1.82, 2.24) is 0 Å². The molecule has 1 aliphatic heterocycles. The quantitative estimate of drug-likeness (QED) is 0.260. The SMILES string of the molecule is OC[C@H]1O[C@](O)(N=C=S)[C@H](O)[C@@H](O)[C@@H]1O. The van der Waals surface area contributed by atoms with Gasteiger partial charge in [-0.2, -0.15) is 4.99 Å². The number of nitrogens with zero attached hydrogens (tertiary/aromatic N) is 1. The highest BCUT2D eigenvalue weighted by Crippen LogP contribution is 2.28. The van der Waals surface area contributed by atoms with Crippen LogP contribution in [0.3, 0.4) is 0 Å². The Balaban J connectivity index is 2.97. The zero-order valence-corrected chi connectivity index (χ0v) is 8.33. The Morgan fingerprint density at radius 3 is 2.40 bits per heavy atom. The van der Waals surface area contributed by atoms with Gasteiger partial charge in [-0.05, 0) is 12.2 Å². The number of rotatable bonds is 2. The summed E-state index contributed by atoms with van der Waals surface area (Å²) in [5.41, 5.74) is 0. The lowest BCUT2D eigenvalue weighted by molar-refractivity contribution is -0.345. The summed E-state index contributed by atoms with van der Waals surface area (Å²) in [5.74, 6) is -2.49. The fraction of sp³-hybridized carbons (Fsp3) is 0.857. The molecule has 0 aromatic carbocycles. The van der Waals surface area contributed by atoms with Gasteiger partial charge in [0.15, 0.2) is 6.10 Å². The molecular weight excluding hydrogens is 226 g/mol. The number of thiocarbonyl (C=S) groups is 1. The number of aliphatic hydroxyl groups is 5. The van der Waals surface area contributed by atoms with Crippen LogP contribution < -0.4 is 0 Å². The maximum atomic E-state index is 9.58. The standard InChI is InChI=1S/C7H11NO6S/c9-1-3-4(10)5(11)6(12)7(13,14-3)8-2-15/h3-6,9-13H,1H2/t3-,4-,5+,6-,7+/m1/s1. The Labute approximate surface area is 90.3 Å². The molecule has 0 aromatic rings. The van der Waals surface area contributed by atoms with Crippen LogP contribution in [0.1, 0.15) is 0 Å². The van der Waals surface area contributed by atoms with Crippen molar-refractivity contribution in [3.05, 3.63) is 0 Å². The molecule has 5 N–H and O–H groups in total. The Bertz CT molecular complexity index is 281. The van der Waals surface area contributed by atoms with Gasteiger partial charge in [-0.25, -0.2) is 0 Å². The van der Waals surface area contributed by atoms with Gasteiger partial charge in [0.2, 0.25) is 0 Å². The highest BCUT2D eigenvalue weighted by molar-refractivity contribution is 7.78. The lowest BCUT2D eigenvalue weighted by atomic mass is 9.97. The predicted molar refractivity (Wildman–Crippen MR) is 50.0 cm³/mol. The van der Waals surface area contributed by atoms with Gasteiger partial charge in [0, 0.05) is 0 Å². The van der Waals surface area contributed by atoms with Crippen molar-refractivity contribution in [1.29, 1.82) is 0 Å². The van der Waals surface area contributed by atoms with Gasteiger partial charge >= 0.3 is 5.91 Å². The third kappa shape index (κ3) is 2.22. The van der Waals surface area contributed by atoms with Crippen molar-refractivity contribution in [2.24, 2.45) is 4.99 Å². The van der Waals surface area contributed by atoms with Crippen LogP contribution in [0.25, 0.3) is 0 Å². The Hall–Kier alpha value is -0.440. The highest BCUT2D eigenvalue weighted by Gasteiger charge is 2.53. The van der Waals surface area contributed by atoms with E-state index in [0.717, 1.165) is 0 Å². The second-order valence-electron chi connectivity index (χ2n) is 3.13. The molecule has 86 valence electrons. The molecule has 1 rings (SSSR count). The fourth-order valence-electron chi connectivity index (χ4n) is 1.29. The molecule has 0 unspecified atom stereocenters. The summed E-state index contributed by atoms with van der Waals surface area (Å²) in [4.78, 5) is 3.15. The van der Waals surface area contributed by atoms with E-state index >= 15 is 0 Å². The van der Waals surface area contributed by atoms with Gasteiger partial charge in [0.05, 0.1) is 11.8 Å². The minimum absolute atomic E-state index is 0.653. The second-order valence-corrected chi connectivity index (χ2v) is 3.31. The Kier molecular flexibility index (Phi) is 3.87. The first-order valence-corrected chi connectivity index (χ1v) is 4.51. The monoisotopic (exact) mass is 237 g/mol. The molecule has 0 amide bonds. The zero-order chi connectivity index (χ0) is 11.6. The molecule has 5 atom stereocenters. The van der Waals surface area contributed by atoms with Gasteiger partial charge in [0.1, 0.15) is 18.3 Å². The molecule has 8 heteroatoms. The molecule has 0 radical (unpaired) electrons. The van der Waals surface area contributed by atoms with E-state index in [1.54, 1.807) is 5.16 Å². The summed E-state index contributed by atoms with van der Waals surface area (Å²) in [6.07, 6.45) is -6.36. The molecule has 7 nitrogen and oxygen atoms in total. The Morgan fingerprint density at radius 1 is 1.33 bits per heavy atom. The van der Waals surface area contributed by atoms with E-state index < -0.39 is 36.9 Å². The third-order valence-electron chi connectivity index (χ3n) is 2.15. The van der Waals surface area contributed by atoms with Gasteiger partial charge in [0.25, 0.3) is 0 Å². The summed E-state index contributed by atoms with van der Waals surface area (Å²) in [5, 5.41) is 48.2. The summed E-state index contributed by atoms with van der Waals surface area (Å²) < 4.78 is 4.71. The summed E-state index contributed by atoms with van der Waals surface area (Å²) in [7, 11) is 0. The van der Waals surface area contributed by atoms with E-state index in [1.807, 2.05) is 0 Å². The number of aliphatic hydroxyl groups excluding tert-OH is 4. The van der Waals surface area contributed by atoms with E-state index in [9.17, 15) is 20.4 Å². The van der Waals surface area contributed by atoms with E-state index in [-0.39, 0.29) is 0 Å². The summed E-state index contributed by atoms with van der Waals surface area (Å²) in [6.45, 7) is -0.653. The molecule has 15 heavy (non-hydrogen) atoms. The van der Waals surface area contributed by atoms with Crippen LogP contribution in [-0.4, -0.2) is 67.6 Å². The van der Waals surface area contributed by atoms with Crippen LogP contribution >= 0.6 is 12.2 Å². The first kappa shape index (κ1) is 12.6. The zero-order valence-electron chi connectivity index (χ0n) is 7.52. The van der Waals surface area contributed by atoms with Crippen LogP contribution in [0.5, 0.6) is 0 Å². The first-order valence-electron chi connectivity index (χ1n) is 4.10. The fourth-order valence-corrected chi connectivity index (χ4v) is 1.43. The van der Waals surface area contributed by atoms with Crippen molar-refractivity contribution in [2.45, 2.75) is 30.3 Å². The summed E-state index contributed by atoms with van der Waals surface area (Å²) >= 11 is 4.23. The van der Waals surface area contributed by atoms with Crippen LogP contribution in [0.2, 0.25) is 0 Å². The largest absolute Gasteiger partial charge is 0.394 e. The van der Waals surface area contributed by atoms with Crippen LogP contribution in [0.4, 0.5) is 0 Å². The lowest BCUT2D eigenvalue weighted by Gasteiger charge is -2.42. The molecule has 0 aliphatic carbocycles. The topological polar surface area (TPSA) is 123 Å². The van der Waals surface area contributed by atoms with Gasteiger partial charge in [-0.15, -0.1) is 0 Å². The number of hydrogen-bond donors (Lipinski definition) is 5. The minimum Gasteiger partial charge on any atom is -0.394 e. The van der Waals surface area contributed by atoms with Crippen molar-refractivity contribution >= 4 is 17.4 Å². The molecule has 1 aliphatic rings. The summed E-state index contributed by atoms with van der Waals surface area (Å²) in [6, 6.07) is 0. The lowest BCUT2D eigenvalue weighted by Crippen LogP contribution is -2.64. The first-order chi connectivity index (χ1) is 6.96. The molecular formula is C7H11NO6S. The average Bonchev–Trinajstić information content (AvgIpc) is 2.21. The van der Waals surface area contributed by atoms with Gasteiger partial charge in [-0.1, -0.05) is 0 Å². The predicted octanol–water partition coefficient (Wildman–Crippen LogP) is -2.79. The van der Waals surface area contributed by atoms with E-state index in [1.165, 1.54) is 0 Å². The molecule has 0 bridgehead atoms. The minimum atomic E-state index is -2.49. The van der Waals surface area contributed by atoms with E-state index in [4.69, 9.17) is 9.84 Å². The second kappa shape index (κ2) is 4.60. The molecule has 1 heterocycles. The number of hydrogen-bond acceptors (Lipinski definition) is 8. The molecule has 1 fully saturated rings. The van der Waals surface area contributed by atoms with Crippen molar-refractivity contribution < 1.29 is 30.3 Å². The van der Waals surface area contributed by atoms with Crippen molar-refractivity contribution in [3.63, 3.8) is 0 Å². The number of isothiocyanates is 1.